The molecule has 0 radical (unpaired) electrons. The maximum absolute atomic E-state index is 10.2. The largest absolute Gasteiger partial charge is 0.497 e. The third kappa shape index (κ3) is 3.25. The first-order valence-corrected chi connectivity index (χ1v) is 8.92. The second-order valence-electron chi connectivity index (χ2n) is 6.32. The summed E-state index contributed by atoms with van der Waals surface area (Å²) in [6.07, 6.45) is 4.08. The van der Waals surface area contributed by atoms with Gasteiger partial charge < -0.3 is 14.4 Å². The van der Waals surface area contributed by atoms with Crippen LogP contribution in [0.15, 0.2) is 78.9 Å². The fourth-order valence-corrected chi connectivity index (χ4v) is 3.45. The van der Waals surface area contributed by atoms with Crippen molar-refractivity contribution in [3.8, 4) is 16.9 Å². The smallest absolute Gasteiger partial charge is 0.118 e. The summed E-state index contributed by atoms with van der Waals surface area (Å²) in [6, 6.07) is 26.3. The van der Waals surface area contributed by atoms with Crippen LogP contribution in [-0.2, 0) is 6.61 Å². The zero-order valence-electron chi connectivity index (χ0n) is 15.2. The number of rotatable bonds is 5. The van der Waals surface area contributed by atoms with E-state index in [1.807, 2.05) is 60.8 Å². The molecular formula is C24H21NO2. The molecule has 3 heteroatoms. The van der Waals surface area contributed by atoms with Gasteiger partial charge in [0.2, 0.25) is 0 Å². The molecule has 134 valence electrons. The average Bonchev–Trinajstić information content (AvgIpc) is 3.06. The number of benzene rings is 3. The molecule has 0 aliphatic heterocycles. The number of ether oxygens (including phenoxy) is 1. The van der Waals surface area contributed by atoms with E-state index < -0.39 is 0 Å². The second-order valence-corrected chi connectivity index (χ2v) is 6.32. The van der Waals surface area contributed by atoms with Crippen LogP contribution in [0.2, 0.25) is 0 Å². The molecule has 0 atom stereocenters. The number of aliphatic hydroxyl groups is 1. The number of hydrogen-bond acceptors (Lipinski definition) is 2. The van der Waals surface area contributed by atoms with E-state index in [0.717, 1.165) is 39.0 Å². The fourth-order valence-electron chi connectivity index (χ4n) is 3.45. The minimum atomic E-state index is -0.0465. The van der Waals surface area contributed by atoms with E-state index in [9.17, 15) is 5.11 Å². The highest BCUT2D eigenvalue weighted by Crippen LogP contribution is 2.36. The number of hydrogen-bond donors (Lipinski definition) is 1. The van der Waals surface area contributed by atoms with Crippen LogP contribution in [0.5, 0.6) is 5.75 Å². The monoisotopic (exact) mass is 355 g/mol. The van der Waals surface area contributed by atoms with Gasteiger partial charge in [-0.15, -0.1) is 0 Å². The van der Waals surface area contributed by atoms with E-state index in [2.05, 4.69) is 34.9 Å². The Morgan fingerprint density at radius 2 is 1.59 bits per heavy atom. The van der Waals surface area contributed by atoms with Crippen LogP contribution in [0.25, 0.3) is 34.3 Å². The lowest BCUT2D eigenvalue weighted by atomic mass is 10.0. The number of para-hydroxylation sites is 1. The first kappa shape index (κ1) is 17.1. The summed E-state index contributed by atoms with van der Waals surface area (Å²) in [6.45, 7) is -0.0465. The van der Waals surface area contributed by atoms with Crippen LogP contribution in [0.4, 0.5) is 0 Å². The van der Waals surface area contributed by atoms with Crippen molar-refractivity contribution >= 4 is 23.2 Å². The van der Waals surface area contributed by atoms with Gasteiger partial charge in [0.25, 0.3) is 0 Å². The molecule has 0 spiro atoms. The number of nitrogens with zero attached hydrogens (tertiary/aromatic N) is 1. The van der Waals surface area contributed by atoms with Crippen LogP contribution in [0, 0.1) is 0 Å². The average molecular weight is 355 g/mol. The highest BCUT2D eigenvalue weighted by Gasteiger charge is 2.16. The van der Waals surface area contributed by atoms with Gasteiger partial charge in [-0.25, -0.2) is 0 Å². The predicted molar refractivity (Wildman–Crippen MR) is 112 cm³/mol. The van der Waals surface area contributed by atoms with Gasteiger partial charge in [0, 0.05) is 17.1 Å². The molecule has 0 unspecified atom stereocenters. The van der Waals surface area contributed by atoms with Crippen molar-refractivity contribution in [2.75, 3.05) is 7.11 Å². The molecule has 4 aromatic rings. The Balaban J connectivity index is 1.90. The summed E-state index contributed by atoms with van der Waals surface area (Å²) in [5, 5.41) is 11.3. The first-order valence-electron chi connectivity index (χ1n) is 8.92. The van der Waals surface area contributed by atoms with Gasteiger partial charge in [-0.2, -0.15) is 0 Å². The molecule has 0 aliphatic carbocycles. The van der Waals surface area contributed by atoms with Crippen molar-refractivity contribution < 1.29 is 9.84 Å². The molecule has 0 amide bonds. The number of aliphatic hydroxyl groups excluding tert-OH is 1. The van der Waals surface area contributed by atoms with Crippen LogP contribution in [0.1, 0.15) is 11.3 Å². The summed E-state index contributed by atoms with van der Waals surface area (Å²) >= 11 is 0. The highest BCUT2D eigenvalue weighted by molar-refractivity contribution is 5.99. The van der Waals surface area contributed by atoms with Crippen molar-refractivity contribution in [1.82, 2.24) is 4.57 Å². The van der Waals surface area contributed by atoms with Gasteiger partial charge in [0.05, 0.1) is 24.9 Å². The molecule has 0 fully saturated rings. The summed E-state index contributed by atoms with van der Waals surface area (Å²) in [7, 11) is 1.66. The van der Waals surface area contributed by atoms with Crippen molar-refractivity contribution in [1.29, 1.82) is 0 Å². The lowest BCUT2D eigenvalue weighted by Gasteiger charge is -2.07. The predicted octanol–water partition coefficient (Wildman–Crippen LogP) is 5.44. The van der Waals surface area contributed by atoms with Gasteiger partial charge in [0.1, 0.15) is 5.75 Å². The molecule has 4 rings (SSSR count). The third-order valence-corrected chi connectivity index (χ3v) is 4.76. The molecule has 0 aliphatic rings. The van der Waals surface area contributed by atoms with Gasteiger partial charge in [-0.3, -0.25) is 0 Å². The molecule has 3 aromatic carbocycles. The van der Waals surface area contributed by atoms with Crippen molar-refractivity contribution in [2.24, 2.45) is 0 Å². The van der Waals surface area contributed by atoms with Gasteiger partial charge in [-0.1, -0.05) is 60.7 Å². The molecule has 0 saturated heterocycles. The van der Waals surface area contributed by atoms with Crippen LogP contribution in [-0.4, -0.2) is 16.8 Å². The quantitative estimate of drug-likeness (QED) is 0.517. The Kier molecular flexibility index (Phi) is 4.77. The van der Waals surface area contributed by atoms with Crippen molar-refractivity contribution in [3.63, 3.8) is 0 Å². The minimum absolute atomic E-state index is 0.0465. The molecule has 27 heavy (non-hydrogen) atoms. The Bertz CT molecular complexity index is 1080. The van der Waals surface area contributed by atoms with Gasteiger partial charge in [0.15, 0.2) is 0 Å². The Hall–Kier alpha value is -3.30. The maximum atomic E-state index is 10.2. The number of aromatic nitrogens is 1. The Morgan fingerprint density at radius 1 is 0.889 bits per heavy atom. The molecule has 0 saturated carbocycles. The zero-order valence-corrected chi connectivity index (χ0v) is 15.2. The van der Waals surface area contributed by atoms with E-state index in [1.165, 1.54) is 0 Å². The topological polar surface area (TPSA) is 34.4 Å². The third-order valence-electron chi connectivity index (χ3n) is 4.76. The summed E-state index contributed by atoms with van der Waals surface area (Å²) < 4.78 is 7.35. The van der Waals surface area contributed by atoms with Crippen molar-refractivity contribution in [2.45, 2.75) is 6.61 Å². The maximum Gasteiger partial charge on any atom is 0.118 e. The van der Waals surface area contributed by atoms with Crippen molar-refractivity contribution in [3.05, 3.63) is 90.1 Å². The highest BCUT2D eigenvalue weighted by atomic mass is 16.5. The lowest BCUT2D eigenvalue weighted by Crippen LogP contribution is -1.96. The van der Waals surface area contributed by atoms with Crippen LogP contribution in [0.3, 0.4) is 0 Å². The molecular weight excluding hydrogens is 334 g/mol. The van der Waals surface area contributed by atoms with E-state index in [-0.39, 0.29) is 6.61 Å². The summed E-state index contributed by atoms with van der Waals surface area (Å²) in [5.74, 6) is 0.817. The standard InChI is InChI=1S/C24H21NO2/c1-27-20-13-11-19(12-14-20)24-21-9-5-6-10-22(21)25(23(24)17-26)16-15-18-7-3-2-4-8-18/h2-16,26H,17H2,1H3/b16-15+. The molecule has 0 bridgehead atoms. The van der Waals surface area contributed by atoms with Crippen LogP contribution >= 0.6 is 0 Å². The SMILES string of the molecule is COc1ccc(-c2c(CO)n(/C=C/c3ccccc3)c3ccccc23)cc1. The van der Waals surface area contributed by atoms with Gasteiger partial charge in [-0.05, 0) is 35.4 Å². The molecule has 1 aromatic heterocycles. The minimum Gasteiger partial charge on any atom is -0.497 e. The fraction of sp³-hybridized carbons (Fsp3) is 0.0833. The molecule has 1 heterocycles. The molecule has 3 nitrogen and oxygen atoms in total. The zero-order chi connectivity index (χ0) is 18.6. The molecule has 1 N–H and O–H groups in total. The summed E-state index contributed by atoms with van der Waals surface area (Å²) in [5.41, 5.74) is 5.16. The summed E-state index contributed by atoms with van der Waals surface area (Å²) in [4.78, 5) is 0. The lowest BCUT2D eigenvalue weighted by molar-refractivity contribution is 0.276. The Labute approximate surface area is 158 Å². The van der Waals surface area contributed by atoms with E-state index in [1.54, 1.807) is 7.11 Å². The number of methoxy groups -OCH3 is 1. The van der Waals surface area contributed by atoms with E-state index in [0.29, 0.717) is 0 Å². The normalized spacial score (nSPS) is 11.3. The second kappa shape index (κ2) is 7.52. The first-order chi connectivity index (χ1) is 13.3. The van der Waals surface area contributed by atoms with Gasteiger partial charge >= 0.3 is 0 Å². The van der Waals surface area contributed by atoms with Crippen LogP contribution < -0.4 is 4.74 Å². The van der Waals surface area contributed by atoms with E-state index in [4.69, 9.17) is 4.74 Å². The van der Waals surface area contributed by atoms with E-state index >= 15 is 0 Å². The number of fused-ring (bicyclic) bond motifs is 1. The Morgan fingerprint density at radius 3 is 2.30 bits per heavy atom.